The molecule has 20 heavy (non-hydrogen) atoms. The Kier molecular flexibility index (Phi) is 5.05. The fourth-order valence-corrected chi connectivity index (χ4v) is 3.49. The zero-order chi connectivity index (χ0) is 14.7. The number of nitrogens with zero attached hydrogens (tertiary/aromatic N) is 1. The molecule has 0 aromatic heterocycles. The number of carboxylic acids is 1. The fourth-order valence-electron chi connectivity index (χ4n) is 3.11. The molecule has 5 heteroatoms. The number of aliphatic carboxylic acids is 1. The summed E-state index contributed by atoms with van der Waals surface area (Å²) in [6.45, 7) is 2.96. The lowest BCUT2D eigenvalue weighted by molar-refractivity contribution is -0.138. The number of hydrogen-bond donors (Lipinski definition) is 2. The summed E-state index contributed by atoms with van der Waals surface area (Å²) in [5.74, 6) is -0.476. The van der Waals surface area contributed by atoms with Crippen LogP contribution in [0.2, 0.25) is 0 Å². The number of halogens is 1. The lowest BCUT2D eigenvalue weighted by atomic mass is 10.00. The van der Waals surface area contributed by atoms with E-state index in [0.29, 0.717) is 0 Å². The molecule has 2 N–H and O–H groups in total. The van der Waals surface area contributed by atoms with Crippen molar-refractivity contribution in [3.05, 3.63) is 28.2 Å². The number of likely N-dealkylation sites (tertiary alicyclic amines) is 1. The molecule has 2 rings (SSSR count). The molecule has 1 aromatic carbocycles. The number of benzene rings is 1. The van der Waals surface area contributed by atoms with Crippen LogP contribution in [-0.4, -0.2) is 33.7 Å². The Hall–Kier alpha value is -1.07. The highest BCUT2D eigenvalue weighted by molar-refractivity contribution is 9.10. The Labute approximate surface area is 127 Å². The van der Waals surface area contributed by atoms with E-state index in [1.807, 2.05) is 12.1 Å². The van der Waals surface area contributed by atoms with E-state index in [4.69, 9.17) is 5.11 Å². The van der Waals surface area contributed by atoms with Crippen LogP contribution < -0.4 is 0 Å². The van der Waals surface area contributed by atoms with Crippen LogP contribution in [0.1, 0.15) is 44.2 Å². The molecule has 0 spiro atoms. The van der Waals surface area contributed by atoms with Crippen LogP contribution in [0.4, 0.5) is 0 Å². The Morgan fingerprint density at radius 1 is 1.55 bits per heavy atom. The minimum atomic E-state index is -0.754. The molecule has 0 saturated carbocycles. The summed E-state index contributed by atoms with van der Waals surface area (Å²) in [7, 11) is 0. The molecule has 1 heterocycles. The molecule has 110 valence electrons. The zero-order valence-corrected chi connectivity index (χ0v) is 13.1. The van der Waals surface area contributed by atoms with E-state index < -0.39 is 5.97 Å². The van der Waals surface area contributed by atoms with Gasteiger partial charge in [0, 0.05) is 22.1 Å². The first-order valence-electron chi connectivity index (χ1n) is 6.99. The second-order valence-electron chi connectivity index (χ2n) is 5.26. The fraction of sp³-hybridized carbons (Fsp3) is 0.533. The van der Waals surface area contributed by atoms with Crippen LogP contribution in [0.5, 0.6) is 5.75 Å². The van der Waals surface area contributed by atoms with Gasteiger partial charge in [0.05, 0.1) is 6.42 Å². The smallest absolute Gasteiger partial charge is 0.304 e. The van der Waals surface area contributed by atoms with Crippen LogP contribution in [0.25, 0.3) is 0 Å². The quantitative estimate of drug-likeness (QED) is 0.859. The second kappa shape index (κ2) is 6.59. The molecular formula is C15H20BrNO3. The van der Waals surface area contributed by atoms with Gasteiger partial charge in [0.25, 0.3) is 0 Å². The Morgan fingerprint density at radius 3 is 2.95 bits per heavy atom. The SMILES string of the molecule is CCC(c1cc(Br)ccc1O)N1CCCC1CC(=O)O. The average Bonchev–Trinajstić information content (AvgIpc) is 2.82. The van der Waals surface area contributed by atoms with E-state index in [9.17, 15) is 9.90 Å². The number of aromatic hydroxyl groups is 1. The molecule has 2 atom stereocenters. The number of hydrogen-bond acceptors (Lipinski definition) is 3. The molecule has 1 fully saturated rings. The highest BCUT2D eigenvalue weighted by atomic mass is 79.9. The molecule has 1 saturated heterocycles. The zero-order valence-electron chi connectivity index (χ0n) is 11.6. The predicted octanol–water partition coefficient (Wildman–Crippen LogP) is 3.54. The second-order valence-corrected chi connectivity index (χ2v) is 6.17. The number of phenolic OH excluding ortho intramolecular Hbond substituents is 1. The van der Waals surface area contributed by atoms with Crippen molar-refractivity contribution in [2.45, 2.75) is 44.7 Å². The van der Waals surface area contributed by atoms with Crippen LogP contribution in [0, 0.1) is 0 Å². The van der Waals surface area contributed by atoms with Gasteiger partial charge >= 0.3 is 5.97 Å². The molecule has 0 bridgehead atoms. The maximum absolute atomic E-state index is 11.0. The third-order valence-electron chi connectivity index (χ3n) is 3.97. The highest BCUT2D eigenvalue weighted by Crippen LogP contribution is 2.37. The number of phenols is 1. The first-order valence-corrected chi connectivity index (χ1v) is 7.78. The van der Waals surface area contributed by atoms with Crippen LogP contribution in [0.15, 0.2) is 22.7 Å². The first kappa shape index (κ1) is 15.3. The van der Waals surface area contributed by atoms with Crippen molar-refractivity contribution in [1.29, 1.82) is 0 Å². The number of carbonyl (C=O) groups is 1. The van der Waals surface area contributed by atoms with Gasteiger partial charge in [0.15, 0.2) is 0 Å². The van der Waals surface area contributed by atoms with Gasteiger partial charge in [-0.25, -0.2) is 0 Å². The van der Waals surface area contributed by atoms with E-state index >= 15 is 0 Å². The lowest BCUT2D eigenvalue weighted by Gasteiger charge is -2.32. The highest BCUT2D eigenvalue weighted by Gasteiger charge is 2.33. The van der Waals surface area contributed by atoms with Gasteiger partial charge in [0.1, 0.15) is 5.75 Å². The average molecular weight is 342 g/mol. The number of rotatable bonds is 5. The Morgan fingerprint density at radius 2 is 2.30 bits per heavy atom. The standard InChI is InChI=1S/C15H20BrNO3/c1-2-13(12-8-10(16)5-6-14(12)18)17-7-3-4-11(17)9-15(19)20/h5-6,8,11,13,18H,2-4,7,9H2,1H3,(H,19,20). The van der Waals surface area contributed by atoms with Crippen molar-refractivity contribution in [2.24, 2.45) is 0 Å². The van der Waals surface area contributed by atoms with Crippen molar-refractivity contribution in [3.8, 4) is 5.75 Å². The van der Waals surface area contributed by atoms with Gasteiger partial charge < -0.3 is 10.2 Å². The maximum atomic E-state index is 11.0. The van der Waals surface area contributed by atoms with Crippen molar-refractivity contribution in [3.63, 3.8) is 0 Å². The van der Waals surface area contributed by atoms with Gasteiger partial charge in [-0.1, -0.05) is 22.9 Å². The molecule has 1 aliphatic rings. The van der Waals surface area contributed by atoms with Gasteiger partial charge in [0.2, 0.25) is 0 Å². The molecule has 4 nitrogen and oxygen atoms in total. The number of carboxylic acid groups (broad SMARTS) is 1. The molecule has 1 aromatic rings. The van der Waals surface area contributed by atoms with Gasteiger partial charge in [-0.05, 0) is 44.0 Å². The summed E-state index contributed by atoms with van der Waals surface area (Å²) in [6.07, 6.45) is 2.95. The Balaban J connectivity index is 2.26. The largest absolute Gasteiger partial charge is 0.508 e. The lowest BCUT2D eigenvalue weighted by Crippen LogP contribution is -2.34. The van der Waals surface area contributed by atoms with Gasteiger partial charge in [-0.15, -0.1) is 0 Å². The van der Waals surface area contributed by atoms with Crippen molar-refractivity contribution < 1.29 is 15.0 Å². The van der Waals surface area contributed by atoms with E-state index in [0.717, 1.165) is 35.8 Å². The molecule has 2 unspecified atom stereocenters. The molecular weight excluding hydrogens is 322 g/mol. The van der Waals surface area contributed by atoms with Crippen LogP contribution >= 0.6 is 15.9 Å². The van der Waals surface area contributed by atoms with Crippen molar-refractivity contribution >= 4 is 21.9 Å². The first-order chi connectivity index (χ1) is 9.52. The summed E-state index contributed by atoms with van der Waals surface area (Å²) in [5.41, 5.74) is 0.874. The third kappa shape index (κ3) is 3.33. The van der Waals surface area contributed by atoms with Crippen LogP contribution in [-0.2, 0) is 4.79 Å². The van der Waals surface area contributed by atoms with Crippen LogP contribution in [0.3, 0.4) is 0 Å². The van der Waals surface area contributed by atoms with E-state index in [-0.39, 0.29) is 24.3 Å². The third-order valence-corrected chi connectivity index (χ3v) is 4.46. The molecule has 0 radical (unpaired) electrons. The normalized spacial score (nSPS) is 21.0. The van der Waals surface area contributed by atoms with Gasteiger partial charge in [-0.3, -0.25) is 9.69 Å². The summed E-state index contributed by atoms with van der Waals surface area (Å²) < 4.78 is 0.928. The topological polar surface area (TPSA) is 60.8 Å². The minimum absolute atomic E-state index is 0.0656. The summed E-state index contributed by atoms with van der Waals surface area (Å²) in [4.78, 5) is 13.2. The van der Waals surface area contributed by atoms with Crippen molar-refractivity contribution in [1.82, 2.24) is 4.90 Å². The summed E-state index contributed by atoms with van der Waals surface area (Å²) in [6, 6.07) is 5.56. The summed E-state index contributed by atoms with van der Waals surface area (Å²) >= 11 is 3.43. The van der Waals surface area contributed by atoms with E-state index in [2.05, 4.69) is 27.8 Å². The Bertz CT molecular complexity index is 492. The maximum Gasteiger partial charge on any atom is 0.304 e. The molecule has 0 amide bonds. The molecule has 1 aliphatic heterocycles. The molecule has 0 aliphatic carbocycles. The van der Waals surface area contributed by atoms with Crippen molar-refractivity contribution in [2.75, 3.05) is 6.54 Å². The monoisotopic (exact) mass is 341 g/mol. The minimum Gasteiger partial charge on any atom is -0.508 e. The predicted molar refractivity (Wildman–Crippen MR) is 80.8 cm³/mol. The summed E-state index contributed by atoms with van der Waals surface area (Å²) in [5, 5.41) is 19.1. The van der Waals surface area contributed by atoms with Gasteiger partial charge in [-0.2, -0.15) is 0 Å². The van der Waals surface area contributed by atoms with E-state index in [1.54, 1.807) is 6.07 Å². The van der Waals surface area contributed by atoms with E-state index in [1.165, 1.54) is 0 Å².